The van der Waals surface area contributed by atoms with Gasteiger partial charge in [0.25, 0.3) is 6.21 Å². The van der Waals surface area contributed by atoms with Crippen molar-refractivity contribution in [1.29, 1.82) is 0 Å². The third-order valence-corrected chi connectivity index (χ3v) is 0.719. The Morgan fingerprint density at radius 2 is 2.71 bits per heavy atom. The van der Waals surface area contributed by atoms with E-state index in [0.29, 0.717) is 6.67 Å². The lowest BCUT2D eigenvalue weighted by Gasteiger charge is -1.78. The molecule has 0 saturated heterocycles. The number of hydrogen-bond acceptors (Lipinski definition) is 2. The van der Waals surface area contributed by atoms with Crippen LogP contribution in [0.5, 0.6) is 0 Å². The van der Waals surface area contributed by atoms with Crippen molar-refractivity contribution in [2.45, 2.75) is 0 Å². The average Bonchev–Trinajstić information content (AvgIpc) is 1.87. The molecule has 0 aromatic heterocycles. The summed E-state index contributed by atoms with van der Waals surface area (Å²) >= 11 is 0. The molecular weight excluding hydrogens is 94.1 g/mol. The summed E-state index contributed by atoms with van der Waals surface area (Å²) in [4.78, 5) is 10.2. The summed E-state index contributed by atoms with van der Waals surface area (Å²) in [6, 6.07) is 0. The smallest absolute Gasteiger partial charge is 0.290 e. The van der Waals surface area contributed by atoms with Gasteiger partial charge in [-0.2, -0.15) is 0 Å². The molecule has 1 heterocycles. The van der Waals surface area contributed by atoms with Crippen LogP contribution in [0, 0.1) is 0 Å². The molecule has 3 N–H and O–H groups in total. The van der Waals surface area contributed by atoms with Crippen molar-refractivity contribution in [3.05, 3.63) is 0 Å². The summed E-state index contributed by atoms with van der Waals surface area (Å²) in [7, 11) is 0. The van der Waals surface area contributed by atoms with Gasteiger partial charge in [-0.1, -0.05) is 4.68 Å². The van der Waals surface area contributed by atoms with Crippen LogP contribution in [0.3, 0.4) is 0 Å². The standard InChI is InChI=1S/C3H5N3O/c4-6-1-3(7)5-2-6/h1H,2H2,(H2-,4,5,7)/p+1. The second kappa shape index (κ2) is 1.22. The molecule has 1 aliphatic rings. The summed E-state index contributed by atoms with van der Waals surface area (Å²) in [5, 5.41) is 2.48. The van der Waals surface area contributed by atoms with Gasteiger partial charge in [0, 0.05) is 0 Å². The van der Waals surface area contributed by atoms with Crippen molar-refractivity contribution in [1.82, 2.24) is 5.32 Å². The number of nitrogens with two attached hydrogens (primary N) is 1. The van der Waals surface area contributed by atoms with Crippen LogP contribution in [-0.4, -0.2) is 23.5 Å². The molecule has 0 unspecified atom stereocenters. The van der Waals surface area contributed by atoms with Crippen molar-refractivity contribution in [2.75, 3.05) is 6.67 Å². The van der Waals surface area contributed by atoms with Gasteiger partial charge in [0.2, 0.25) is 6.67 Å². The first kappa shape index (κ1) is 4.11. The van der Waals surface area contributed by atoms with Crippen LogP contribution in [-0.2, 0) is 4.79 Å². The highest BCUT2D eigenvalue weighted by Crippen LogP contribution is 1.67. The molecule has 0 radical (unpaired) electrons. The van der Waals surface area contributed by atoms with Gasteiger partial charge in [0.05, 0.1) is 0 Å². The summed E-state index contributed by atoms with van der Waals surface area (Å²) in [5.74, 6) is 5.00. The average molecular weight is 100 g/mol. The first-order valence-corrected chi connectivity index (χ1v) is 1.93. The summed E-state index contributed by atoms with van der Waals surface area (Å²) in [5.41, 5.74) is 0. The van der Waals surface area contributed by atoms with E-state index in [0.717, 1.165) is 0 Å². The Morgan fingerprint density at radius 1 is 2.00 bits per heavy atom. The normalized spacial score (nSPS) is 18.9. The number of nitrogens with one attached hydrogen (secondary N) is 1. The topological polar surface area (TPSA) is 58.1 Å². The molecule has 0 aromatic carbocycles. The lowest BCUT2D eigenvalue weighted by Crippen LogP contribution is -2.23. The molecule has 0 bridgehead atoms. The number of rotatable bonds is 0. The quantitative estimate of drug-likeness (QED) is 0.274. The molecule has 4 heteroatoms. The van der Waals surface area contributed by atoms with Crippen molar-refractivity contribution in [3.63, 3.8) is 0 Å². The van der Waals surface area contributed by atoms with E-state index >= 15 is 0 Å². The third-order valence-electron chi connectivity index (χ3n) is 0.719. The van der Waals surface area contributed by atoms with E-state index < -0.39 is 0 Å². The summed E-state index contributed by atoms with van der Waals surface area (Å²) in [6.07, 6.45) is 1.31. The molecule has 0 saturated carbocycles. The van der Waals surface area contributed by atoms with E-state index in [1.807, 2.05) is 0 Å². The van der Waals surface area contributed by atoms with Gasteiger partial charge >= 0.3 is 5.91 Å². The fraction of sp³-hybridized carbons (Fsp3) is 0.333. The van der Waals surface area contributed by atoms with Gasteiger partial charge in [-0.3, -0.25) is 10.1 Å². The maximum Gasteiger partial charge on any atom is 0.315 e. The highest BCUT2D eigenvalue weighted by Gasteiger charge is 2.12. The Kier molecular flexibility index (Phi) is 0.714. The number of carbonyl (C=O) groups excluding carboxylic acids is 1. The van der Waals surface area contributed by atoms with Crippen LogP contribution in [0.15, 0.2) is 0 Å². The van der Waals surface area contributed by atoms with Crippen LogP contribution in [0.1, 0.15) is 0 Å². The Bertz CT molecular complexity index is 128. The van der Waals surface area contributed by atoms with Gasteiger partial charge in [0.15, 0.2) is 0 Å². The Morgan fingerprint density at radius 3 is 2.86 bits per heavy atom. The van der Waals surface area contributed by atoms with E-state index in [1.54, 1.807) is 0 Å². The van der Waals surface area contributed by atoms with E-state index in [2.05, 4.69) is 5.32 Å². The molecule has 0 aromatic rings. The van der Waals surface area contributed by atoms with Crippen molar-refractivity contribution in [3.8, 4) is 0 Å². The first-order valence-electron chi connectivity index (χ1n) is 1.93. The molecule has 0 atom stereocenters. The van der Waals surface area contributed by atoms with E-state index in [9.17, 15) is 4.79 Å². The second-order valence-corrected chi connectivity index (χ2v) is 1.34. The van der Waals surface area contributed by atoms with Crippen molar-refractivity contribution < 1.29 is 9.48 Å². The highest BCUT2D eigenvalue weighted by molar-refractivity contribution is 6.24. The zero-order chi connectivity index (χ0) is 5.28. The SMILES string of the molecule is N[N+]1=CC(=O)NC1. The van der Waals surface area contributed by atoms with E-state index in [1.165, 1.54) is 10.9 Å². The Labute approximate surface area is 40.6 Å². The number of amides is 1. The zero-order valence-electron chi connectivity index (χ0n) is 3.72. The van der Waals surface area contributed by atoms with Crippen molar-refractivity contribution >= 4 is 12.1 Å². The number of hydrazine groups is 1. The second-order valence-electron chi connectivity index (χ2n) is 1.34. The van der Waals surface area contributed by atoms with Gasteiger partial charge in [-0.25, -0.2) is 5.84 Å². The summed E-state index contributed by atoms with van der Waals surface area (Å²) < 4.78 is 1.29. The first-order chi connectivity index (χ1) is 3.29. The fourth-order valence-corrected chi connectivity index (χ4v) is 0.411. The van der Waals surface area contributed by atoms with Crippen LogP contribution < -0.4 is 11.2 Å². The highest BCUT2D eigenvalue weighted by atomic mass is 16.2. The number of hydrazone groups is 1. The molecule has 7 heavy (non-hydrogen) atoms. The van der Waals surface area contributed by atoms with Gasteiger partial charge in [0.1, 0.15) is 0 Å². The zero-order valence-corrected chi connectivity index (χ0v) is 3.72. The monoisotopic (exact) mass is 100 g/mol. The fourth-order valence-electron chi connectivity index (χ4n) is 0.411. The minimum absolute atomic E-state index is 0.123. The molecule has 1 aliphatic heterocycles. The molecule has 0 spiro atoms. The number of carbonyl (C=O) groups is 1. The van der Waals surface area contributed by atoms with E-state index in [-0.39, 0.29) is 5.91 Å². The third kappa shape index (κ3) is 0.677. The van der Waals surface area contributed by atoms with Gasteiger partial charge in [-0.15, -0.1) is 0 Å². The van der Waals surface area contributed by atoms with Gasteiger partial charge in [-0.05, 0) is 0 Å². The lowest BCUT2D eigenvalue weighted by atomic mass is 10.7. The summed E-state index contributed by atoms with van der Waals surface area (Å²) in [6.45, 7) is 0.429. The number of hydrogen-bond donors (Lipinski definition) is 2. The Balaban J connectivity index is 2.67. The Hall–Kier alpha value is -1.06. The van der Waals surface area contributed by atoms with Gasteiger partial charge < -0.3 is 0 Å². The minimum atomic E-state index is -0.123. The molecule has 4 nitrogen and oxygen atoms in total. The maximum atomic E-state index is 10.2. The van der Waals surface area contributed by atoms with Crippen LogP contribution in [0.4, 0.5) is 0 Å². The molecule has 1 rings (SSSR count). The predicted molar refractivity (Wildman–Crippen MR) is 23.5 cm³/mol. The minimum Gasteiger partial charge on any atom is -0.290 e. The van der Waals surface area contributed by atoms with Crippen LogP contribution >= 0.6 is 0 Å². The van der Waals surface area contributed by atoms with Crippen LogP contribution in [0.25, 0.3) is 0 Å². The number of nitrogens with zero attached hydrogens (tertiary/aromatic N) is 1. The predicted octanol–water partition coefficient (Wildman–Crippen LogP) is -1.97. The molecule has 38 valence electrons. The van der Waals surface area contributed by atoms with E-state index in [4.69, 9.17) is 5.84 Å². The maximum absolute atomic E-state index is 10.2. The molecule has 0 aliphatic carbocycles. The van der Waals surface area contributed by atoms with Crippen LogP contribution in [0.2, 0.25) is 0 Å². The largest absolute Gasteiger partial charge is 0.315 e. The lowest BCUT2D eigenvalue weighted by molar-refractivity contribution is -0.531. The molecule has 1 amide bonds. The van der Waals surface area contributed by atoms with Crippen molar-refractivity contribution in [2.24, 2.45) is 5.84 Å². The molecule has 0 fully saturated rings. The molecular formula is C3H6N3O+.